The Morgan fingerprint density at radius 1 is 0.933 bits per heavy atom. The number of carbonyl (C=O) groups excluding carboxylic acids is 1. The molecule has 0 radical (unpaired) electrons. The van der Waals surface area contributed by atoms with Gasteiger partial charge in [0.2, 0.25) is 0 Å². The highest BCUT2D eigenvalue weighted by Crippen LogP contribution is 2.28. The van der Waals surface area contributed by atoms with Gasteiger partial charge in [-0.25, -0.2) is 0 Å². The number of carbonyl (C=O) groups is 1. The molecule has 0 atom stereocenters. The molecule has 0 bridgehead atoms. The minimum atomic E-state index is -0.172. The van der Waals surface area contributed by atoms with E-state index in [1.54, 1.807) is 11.8 Å². The van der Waals surface area contributed by atoms with Crippen molar-refractivity contribution in [3.05, 3.63) is 66.5 Å². The largest absolute Gasteiger partial charge is 0.462 e. The first-order chi connectivity index (χ1) is 14.8. The summed E-state index contributed by atoms with van der Waals surface area (Å²) in [6, 6.07) is 20.3. The van der Waals surface area contributed by atoms with E-state index in [2.05, 4.69) is 22.3 Å². The van der Waals surface area contributed by atoms with Gasteiger partial charge in [-0.2, -0.15) is 0 Å². The molecule has 1 aromatic heterocycles. The van der Waals surface area contributed by atoms with E-state index in [4.69, 9.17) is 4.74 Å². The van der Waals surface area contributed by atoms with E-state index < -0.39 is 0 Å². The third kappa shape index (κ3) is 5.67. The van der Waals surface area contributed by atoms with Crippen LogP contribution in [0.5, 0.6) is 0 Å². The maximum absolute atomic E-state index is 12.3. The number of hydrogen-bond acceptors (Lipinski definition) is 6. The predicted molar refractivity (Wildman–Crippen MR) is 121 cm³/mol. The summed E-state index contributed by atoms with van der Waals surface area (Å²) in [6.07, 6.45) is 5.59. The highest BCUT2D eigenvalue weighted by molar-refractivity contribution is 7.99. The summed E-state index contributed by atoms with van der Waals surface area (Å²) >= 11 is 3.11. The summed E-state index contributed by atoms with van der Waals surface area (Å²) in [7, 11) is 0. The first-order valence-electron chi connectivity index (χ1n) is 10.3. The van der Waals surface area contributed by atoms with Crippen molar-refractivity contribution in [2.45, 2.75) is 54.0 Å². The standard InChI is InChI=1S/C23H25N3O2S2/c27-22(28-19-12-6-2-7-13-19)17-30-23-25-24-21(16-29-20-14-8-3-9-15-20)26(23)18-10-4-1-5-11-18/h1,3-5,8-11,14-15,19H,2,6-7,12-13,16-17H2. The lowest BCUT2D eigenvalue weighted by atomic mass is 9.98. The normalized spacial score (nSPS) is 14.5. The van der Waals surface area contributed by atoms with Gasteiger partial charge in [-0.3, -0.25) is 9.36 Å². The molecule has 1 aliphatic carbocycles. The Bertz CT molecular complexity index is 942. The zero-order valence-electron chi connectivity index (χ0n) is 16.8. The Labute approximate surface area is 185 Å². The fourth-order valence-electron chi connectivity index (χ4n) is 3.51. The lowest BCUT2D eigenvalue weighted by molar-refractivity contribution is -0.147. The number of benzene rings is 2. The second kappa shape index (κ2) is 10.7. The highest BCUT2D eigenvalue weighted by atomic mass is 32.2. The third-order valence-corrected chi connectivity index (χ3v) is 6.91. The van der Waals surface area contributed by atoms with Crippen molar-refractivity contribution in [1.82, 2.24) is 14.8 Å². The number of ether oxygens (including phenoxy) is 1. The fourth-order valence-corrected chi connectivity index (χ4v) is 5.10. The van der Waals surface area contributed by atoms with Gasteiger partial charge >= 0.3 is 5.97 Å². The van der Waals surface area contributed by atoms with Crippen LogP contribution in [0.25, 0.3) is 5.69 Å². The Morgan fingerprint density at radius 3 is 2.37 bits per heavy atom. The van der Waals surface area contributed by atoms with Gasteiger partial charge in [0.1, 0.15) is 11.9 Å². The molecular formula is C23H25N3O2S2. The SMILES string of the molecule is O=C(CSc1nnc(CSc2ccccc2)n1-c1ccccc1)OC1CCCCC1. The van der Waals surface area contributed by atoms with Crippen LogP contribution in [0.15, 0.2) is 70.7 Å². The van der Waals surface area contributed by atoms with Gasteiger partial charge in [0.15, 0.2) is 5.16 Å². The Hall–Kier alpha value is -2.25. The molecular weight excluding hydrogens is 414 g/mol. The van der Waals surface area contributed by atoms with Crippen LogP contribution in [0.1, 0.15) is 37.9 Å². The minimum Gasteiger partial charge on any atom is -0.462 e. The van der Waals surface area contributed by atoms with Crippen molar-refractivity contribution in [2.24, 2.45) is 0 Å². The van der Waals surface area contributed by atoms with E-state index in [1.165, 1.54) is 23.1 Å². The van der Waals surface area contributed by atoms with Gasteiger partial charge < -0.3 is 4.74 Å². The Balaban J connectivity index is 1.45. The van der Waals surface area contributed by atoms with Crippen LogP contribution in [0.3, 0.4) is 0 Å². The van der Waals surface area contributed by atoms with Crippen LogP contribution in [0.4, 0.5) is 0 Å². The highest BCUT2D eigenvalue weighted by Gasteiger charge is 2.20. The molecule has 0 aliphatic heterocycles. The van der Waals surface area contributed by atoms with Gasteiger partial charge in [-0.1, -0.05) is 54.6 Å². The number of esters is 1. The second-order valence-corrected chi connectivity index (χ2v) is 9.20. The van der Waals surface area contributed by atoms with Crippen LogP contribution in [-0.4, -0.2) is 32.6 Å². The molecule has 30 heavy (non-hydrogen) atoms. The molecule has 1 aliphatic rings. The molecule has 7 heteroatoms. The number of nitrogens with zero attached hydrogens (tertiary/aromatic N) is 3. The number of rotatable bonds is 8. The van der Waals surface area contributed by atoms with Crippen LogP contribution in [0, 0.1) is 0 Å². The first kappa shape index (κ1) is 21.0. The minimum absolute atomic E-state index is 0.0803. The molecule has 0 amide bonds. The lowest BCUT2D eigenvalue weighted by Gasteiger charge is -2.21. The van der Waals surface area contributed by atoms with Crippen molar-refractivity contribution >= 4 is 29.5 Å². The number of hydrogen-bond donors (Lipinski definition) is 0. The zero-order chi connectivity index (χ0) is 20.6. The average Bonchev–Trinajstić information content (AvgIpc) is 3.21. The molecule has 0 N–H and O–H groups in total. The topological polar surface area (TPSA) is 57.0 Å². The lowest BCUT2D eigenvalue weighted by Crippen LogP contribution is -2.22. The van der Waals surface area contributed by atoms with Crippen molar-refractivity contribution in [3.63, 3.8) is 0 Å². The van der Waals surface area contributed by atoms with Crippen molar-refractivity contribution in [2.75, 3.05) is 5.75 Å². The summed E-state index contributed by atoms with van der Waals surface area (Å²) in [4.78, 5) is 13.5. The van der Waals surface area contributed by atoms with Gasteiger partial charge in [0.25, 0.3) is 0 Å². The Kier molecular flexibility index (Phi) is 7.48. The molecule has 1 fully saturated rings. The van der Waals surface area contributed by atoms with Crippen molar-refractivity contribution < 1.29 is 9.53 Å². The summed E-state index contributed by atoms with van der Waals surface area (Å²) in [5, 5.41) is 9.51. The third-order valence-electron chi connectivity index (χ3n) is 5.00. The Morgan fingerprint density at radius 2 is 1.63 bits per heavy atom. The molecule has 1 saturated carbocycles. The van der Waals surface area contributed by atoms with Crippen LogP contribution in [0.2, 0.25) is 0 Å². The average molecular weight is 440 g/mol. The molecule has 0 spiro atoms. The van der Waals surface area contributed by atoms with Crippen LogP contribution >= 0.6 is 23.5 Å². The molecule has 156 valence electrons. The van der Waals surface area contributed by atoms with Gasteiger partial charge in [-0.15, -0.1) is 22.0 Å². The van der Waals surface area contributed by atoms with E-state index in [0.717, 1.165) is 37.2 Å². The number of thioether (sulfide) groups is 2. The van der Waals surface area contributed by atoms with Gasteiger partial charge in [0, 0.05) is 10.6 Å². The smallest absolute Gasteiger partial charge is 0.316 e. The quantitative estimate of drug-likeness (QED) is 0.340. The number of para-hydroxylation sites is 1. The first-order valence-corrected chi connectivity index (χ1v) is 12.3. The van der Waals surface area contributed by atoms with E-state index in [-0.39, 0.29) is 17.8 Å². The van der Waals surface area contributed by atoms with Gasteiger partial charge in [0.05, 0.1) is 11.5 Å². The van der Waals surface area contributed by atoms with Crippen molar-refractivity contribution in [1.29, 1.82) is 0 Å². The van der Waals surface area contributed by atoms with E-state index in [0.29, 0.717) is 10.9 Å². The maximum atomic E-state index is 12.3. The zero-order valence-corrected chi connectivity index (χ0v) is 18.4. The van der Waals surface area contributed by atoms with Crippen LogP contribution in [-0.2, 0) is 15.3 Å². The van der Waals surface area contributed by atoms with Crippen LogP contribution < -0.4 is 0 Å². The summed E-state index contributed by atoms with van der Waals surface area (Å²) in [6.45, 7) is 0. The van der Waals surface area contributed by atoms with E-state index in [1.807, 2.05) is 53.1 Å². The summed E-state index contributed by atoms with van der Waals surface area (Å²) < 4.78 is 7.69. The fraction of sp³-hybridized carbons (Fsp3) is 0.348. The summed E-state index contributed by atoms with van der Waals surface area (Å²) in [5.41, 5.74) is 0.995. The molecule has 0 saturated heterocycles. The molecule has 2 aromatic carbocycles. The van der Waals surface area contributed by atoms with E-state index in [9.17, 15) is 4.79 Å². The predicted octanol–water partition coefficient (Wildman–Crippen LogP) is 5.53. The molecule has 1 heterocycles. The maximum Gasteiger partial charge on any atom is 0.316 e. The molecule has 5 nitrogen and oxygen atoms in total. The van der Waals surface area contributed by atoms with Gasteiger partial charge in [-0.05, 0) is 49.9 Å². The van der Waals surface area contributed by atoms with Crippen molar-refractivity contribution in [3.8, 4) is 5.69 Å². The second-order valence-electron chi connectivity index (χ2n) is 7.21. The number of aromatic nitrogens is 3. The van der Waals surface area contributed by atoms with E-state index >= 15 is 0 Å². The summed E-state index contributed by atoms with van der Waals surface area (Å²) in [5.74, 6) is 1.62. The molecule has 0 unspecified atom stereocenters. The monoisotopic (exact) mass is 439 g/mol. The molecule has 3 aromatic rings. The molecule has 4 rings (SSSR count).